The number of H-pyrrole nitrogens is 2. The Hall–Kier alpha value is -4.49. The first kappa shape index (κ1) is 25.8. The van der Waals surface area contributed by atoms with Crippen LogP contribution in [0.4, 0.5) is 5.82 Å². The number of aromatic amines is 2. The van der Waals surface area contributed by atoms with Gasteiger partial charge >= 0.3 is 0 Å². The molecule has 1 fully saturated rings. The van der Waals surface area contributed by atoms with Crippen molar-refractivity contribution in [1.82, 2.24) is 30.0 Å². The number of nitrogens with one attached hydrogen (secondary N) is 2. The van der Waals surface area contributed by atoms with Crippen LogP contribution in [0.5, 0.6) is 0 Å². The number of anilines is 1. The monoisotopic (exact) mass is 529 g/mol. The molecule has 7 nitrogen and oxygen atoms in total. The van der Waals surface area contributed by atoms with Gasteiger partial charge < -0.3 is 14.8 Å². The molecule has 3 aromatic heterocycles. The highest BCUT2D eigenvalue weighted by atomic mass is 15.3. The van der Waals surface area contributed by atoms with E-state index in [9.17, 15) is 0 Å². The molecule has 0 unspecified atom stereocenters. The molecule has 5 aromatic rings. The van der Waals surface area contributed by atoms with Crippen molar-refractivity contribution in [3.8, 4) is 11.5 Å². The second-order valence-corrected chi connectivity index (χ2v) is 10.4. The van der Waals surface area contributed by atoms with Crippen LogP contribution in [0.3, 0.4) is 0 Å². The molecular formula is C33H35N7. The molecule has 0 spiro atoms. The Kier molecular flexibility index (Phi) is 7.29. The summed E-state index contributed by atoms with van der Waals surface area (Å²) >= 11 is 0. The van der Waals surface area contributed by atoms with Gasteiger partial charge in [-0.25, -0.2) is 9.97 Å². The lowest BCUT2D eigenvalue weighted by molar-refractivity contribution is 0.312. The van der Waals surface area contributed by atoms with E-state index >= 15 is 0 Å². The van der Waals surface area contributed by atoms with E-state index in [1.54, 1.807) is 0 Å². The maximum absolute atomic E-state index is 5.01. The van der Waals surface area contributed by atoms with E-state index in [1.807, 2.05) is 18.3 Å². The number of nitrogens with zero attached hydrogens (tertiary/aromatic N) is 5. The molecule has 0 atom stereocenters. The largest absolute Gasteiger partial charge is 0.352 e. The van der Waals surface area contributed by atoms with Gasteiger partial charge in [-0.1, -0.05) is 61.2 Å². The van der Waals surface area contributed by atoms with Crippen molar-refractivity contribution in [2.24, 2.45) is 0 Å². The number of hydrogen-bond acceptors (Lipinski definition) is 5. The van der Waals surface area contributed by atoms with Gasteiger partial charge in [0.15, 0.2) is 11.6 Å². The predicted molar refractivity (Wildman–Crippen MR) is 165 cm³/mol. The lowest BCUT2D eigenvalue weighted by Gasteiger charge is -2.33. The van der Waals surface area contributed by atoms with Crippen LogP contribution >= 0.6 is 0 Å². The Morgan fingerprint density at radius 2 is 1.85 bits per heavy atom. The normalized spacial score (nSPS) is 15.3. The fourth-order valence-electron chi connectivity index (χ4n) is 5.36. The number of pyridine rings is 1. The maximum atomic E-state index is 5.01. The molecule has 1 aliphatic rings. The number of aryl methyl sites for hydroxylation is 1. The van der Waals surface area contributed by atoms with E-state index in [2.05, 4.69) is 106 Å². The van der Waals surface area contributed by atoms with Crippen molar-refractivity contribution < 1.29 is 0 Å². The Bertz CT molecular complexity index is 1700. The highest BCUT2D eigenvalue weighted by Gasteiger charge is 2.21. The molecule has 1 aliphatic heterocycles. The summed E-state index contributed by atoms with van der Waals surface area (Å²) in [7, 11) is 2.16. The lowest BCUT2D eigenvalue weighted by Crippen LogP contribution is -2.44. The third-order valence-electron chi connectivity index (χ3n) is 7.76. The molecule has 4 heterocycles. The Morgan fingerprint density at radius 3 is 2.62 bits per heavy atom. The van der Waals surface area contributed by atoms with Gasteiger partial charge in [0.05, 0.1) is 11.0 Å². The van der Waals surface area contributed by atoms with Crippen molar-refractivity contribution in [2.75, 3.05) is 38.1 Å². The Morgan fingerprint density at radius 1 is 1.02 bits per heavy atom. The number of benzene rings is 2. The Balaban J connectivity index is 1.31. The standard InChI is InChI=1S/C33H35N7/c1-4-23(11-12-24-9-7-6-8-10-24)21-25(5-2)26-13-14-28-27(22-26)30(38-37-28)32-35-29-15-16-34-33(31(29)36-32)40-19-17-39(3)18-20-40/h4-10,13-16,21-22H,1,11-12,17-20H2,2-3H3,(H,35,36)(H,37,38)/b23-21+,25-5+. The maximum Gasteiger partial charge on any atom is 0.159 e. The van der Waals surface area contributed by atoms with Crippen LogP contribution in [0.1, 0.15) is 24.5 Å². The van der Waals surface area contributed by atoms with Crippen molar-refractivity contribution >= 4 is 33.3 Å². The minimum atomic E-state index is 0.744. The fourth-order valence-corrected chi connectivity index (χ4v) is 5.36. The summed E-state index contributed by atoms with van der Waals surface area (Å²) in [6.07, 6.45) is 10.1. The second kappa shape index (κ2) is 11.3. The number of aromatic nitrogens is 5. The first-order valence-electron chi connectivity index (χ1n) is 13.9. The summed E-state index contributed by atoms with van der Waals surface area (Å²) in [5, 5.41) is 8.90. The van der Waals surface area contributed by atoms with Gasteiger partial charge in [0.2, 0.25) is 0 Å². The summed E-state index contributed by atoms with van der Waals surface area (Å²) in [5.74, 6) is 1.68. The van der Waals surface area contributed by atoms with Crippen molar-refractivity contribution in [2.45, 2.75) is 19.8 Å². The molecule has 7 heteroatoms. The average Bonchev–Trinajstić information content (AvgIpc) is 3.62. The van der Waals surface area contributed by atoms with Crippen molar-refractivity contribution in [1.29, 1.82) is 0 Å². The zero-order valence-electron chi connectivity index (χ0n) is 23.2. The van der Waals surface area contributed by atoms with Crippen molar-refractivity contribution in [3.63, 3.8) is 0 Å². The van der Waals surface area contributed by atoms with Crippen LogP contribution in [-0.4, -0.2) is 63.3 Å². The second-order valence-electron chi connectivity index (χ2n) is 10.4. The average molecular weight is 530 g/mol. The van der Waals surface area contributed by atoms with E-state index < -0.39 is 0 Å². The number of rotatable bonds is 8. The topological polar surface area (TPSA) is 76.7 Å². The zero-order valence-corrected chi connectivity index (χ0v) is 23.2. The molecule has 0 aliphatic carbocycles. The minimum absolute atomic E-state index is 0.744. The highest BCUT2D eigenvalue weighted by molar-refractivity contribution is 5.97. The molecule has 0 amide bonds. The summed E-state index contributed by atoms with van der Waals surface area (Å²) in [6, 6.07) is 19.0. The summed E-state index contributed by atoms with van der Waals surface area (Å²) in [5.41, 5.74) is 8.48. The molecule has 0 saturated carbocycles. The first-order chi connectivity index (χ1) is 19.6. The molecule has 40 heavy (non-hydrogen) atoms. The SMILES string of the molecule is C=C/C(=C\C(=C/C)c1ccc2[nH]nc(-c3nc4c(N5CCN(C)CC5)nccc4[nH]3)c2c1)CCc1ccccc1. The number of piperazine rings is 1. The van der Waals surface area contributed by atoms with Crippen LogP contribution in [0.15, 0.2) is 91.2 Å². The number of fused-ring (bicyclic) bond motifs is 2. The molecule has 1 saturated heterocycles. The molecule has 2 N–H and O–H groups in total. The molecule has 6 rings (SSSR count). The van der Waals surface area contributed by atoms with Gasteiger partial charge in [-0.2, -0.15) is 5.10 Å². The molecule has 2 aromatic carbocycles. The third-order valence-corrected chi connectivity index (χ3v) is 7.76. The Labute approximate surface area is 235 Å². The van der Waals surface area contributed by atoms with Gasteiger partial charge in [-0.3, -0.25) is 5.10 Å². The third kappa shape index (κ3) is 5.20. The van der Waals surface area contributed by atoms with Crippen LogP contribution in [0, 0.1) is 0 Å². The van der Waals surface area contributed by atoms with E-state index in [1.165, 1.54) is 11.1 Å². The fraction of sp³-hybridized carbons (Fsp3) is 0.242. The van der Waals surface area contributed by atoms with E-state index in [0.717, 1.165) is 89.4 Å². The minimum Gasteiger partial charge on any atom is -0.352 e. The number of hydrogen-bond donors (Lipinski definition) is 2. The number of imidazole rings is 1. The van der Waals surface area contributed by atoms with Gasteiger partial charge in [-0.05, 0) is 67.3 Å². The van der Waals surface area contributed by atoms with Gasteiger partial charge in [0.1, 0.15) is 11.2 Å². The van der Waals surface area contributed by atoms with Gasteiger partial charge in [0.25, 0.3) is 0 Å². The van der Waals surface area contributed by atoms with Gasteiger partial charge in [0, 0.05) is 37.8 Å². The van der Waals surface area contributed by atoms with Gasteiger partial charge in [-0.15, -0.1) is 0 Å². The first-order valence-corrected chi connectivity index (χ1v) is 13.9. The van der Waals surface area contributed by atoms with E-state index in [0.29, 0.717) is 0 Å². The number of allylic oxidation sites excluding steroid dienone is 5. The smallest absolute Gasteiger partial charge is 0.159 e. The van der Waals surface area contributed by atoms with Crippen molar-refractivity contribution in [3.05, 3.63) is 102 Å². The predicted octanol–water partition coefficient (Wildman–Crippen LogP) is 6.40. The zero-order chi connectivity index (χ0) is 27.5. The number of likely N-dealkylation sites (N-methyl/N-ethyl adjacent to an activating group) is 1. The summed E-state index contributed by atoms with van der Waals surface area (Å²) in [4.78, 5) is 17.9. The quantitative estimate of drug-likeness (QED) is 0.228. The molecule has 0 radical (unpaired) electrons. The van der Waals surface area contributed by atoms with E-state index in [4.69, 9.17) is 9.97 Å². The molecule has 202 valence electrons. The van der Waals surface area contributed by atoms with Crippen LogP contribution in [-0.2, 0) is 6.42 Å². The van der Waals surface area contributed by atoms with E-state index in [-0.39, 0.29) is 0 Å². The lowest BCUT2D eigenvalue weighted by atomic mass is 9.97. The molecular weight excluding hydrogens is 494 g/mol. The van der Waals surface area contributed by atoms with Crippen LogP contribution < -0.4 is 4.90 Å². The summed E-state index contributed by atoms with van der Waals surface area (Å²) in [6.45, 7) is 10.1. The summed E-state index contributed by atoms with van der Waals surface area (Å²) < 4.78 is 0. The molecule has 0 bridgehead atoms. The highest BCUT2D eigenvalue weighted by Crippen LogP contribution is 2.32. The van der Waals surface area contributed by atoms with Crippen LogP contribution in [0.2, 0.25) is 0 Å². The van der Waals surface area contributed by atoms with Crippen LogP contribution in [0.25, 0.3) is 39.0 Å².